The molecular weight excluding hydrogens is 388 g/mol. The van der Waals surface area contributed by atoms with E-state index < -0.39 is 5.92 Å². The van der Waals surface area contributed by atoms with Crippen molar-refractivity contribution in [3.63, 3.8) is 0 Å². The average molecular weight is 394 g/mol. The molecule has 0 bridgehead atoms. The Morgan fingerprint density at radius 2 is 1.88 bits per heavy atom. The molecule has 2 aromatic rings. The van der Waals surface area contributed by atoms with Crippen molar-refractivity contribution in [2.45, 2.75) is 5.92 Å². The number of alkyl halides is 2. The van der Waals surface area contributed by atoms with Gasteiger partial charge in [-0.15, -0.1) is 29.8 Å². The maximum atomic E-state index is 13.9. The molecule has 3 rings (SSSR count). The van der Waals surface area contributed by atoms with Gasteiger partial charge in [0.15, 0.2) is 0 Å². The molecule has 0 N–H and O–H groups in total. The van der Waals surface area contributed by atoms with Crippen LogP contribution in [-0.4, -0.2) is 4.98 Å². The molecule has 16 heavy (non-hydrogen) atoms. The van der Waals surface area contributed by atoms with E-state index in [1.807, 2.05) is 0 Å². The summed E-state index contributed by atoms with van der Waals surface area (Å²) in [4.78, 5) is 3.98. The number of rotatable bonds is 0. The summed E-state index contributed by atoms with van der Waals surface area (Å²) in [6.45, 7) is 0. The maximum absolute atomic E-state index is 13.9. The topological polar surface area (TPSA) is 12.9 Å². The van der Waals surface area contributed by atoms with Gasteiger partial charge in [0.2, 0.25) is 0 Å². The van der Waals surface area contributed by atoms with Crippen molar-refractivity contribution in [1.82, 2.24) is 4.98 Å². The van der Waals surface area contributed by atoms with Crippen molar-refractivity contribution in [3.8, 4) is 11.3 Å². The van der Waals surface area contributed by atoms with Crippen molar-refractivity contribution < 1.29 is 28.9 Å². The molecule has 1 aromatic heterocycles. The third kappa shape index (κ3) is 1.34. The van der Waals surface area contributed by atoms with E-state index in [-0.39, 0.29) is 31.2 Å². The number of aromatic nitrogens is 1. The van der Waals surface area contributed by atoms with Crippen molar-refractivity contribution in [1.29, 1.82) is 0 Å². The van der Waals surface area contributed by atoms with E-state index in [0.29, 0.717) is 11.3 Å². The summed E-state index contributed by atoms with van der Waals surface area (Å²) in [6, 6.07) is 10.4. The minimum atomic E-state index is -2.93. The van der Waals surface area contributed by atoms with Crippen molar-refractivity contribution in [2.24, 2.45) is 0 Å². The molecule has 1 heterocycles. The van der Waals surface area contributed by atoms with Crippen LogP contribution in [0.4, 0.5) is 8.78 Å². The number of hydrogen-bond acceptors (Lipinski definition) is 1. The summed E-state index contributed by atoms with van der Waals surface area (Å²) in [5.41, 5.74) is 0.734. The summed E-state index contributed by atoms with van der Waals surface area (Å²) in [5.74, 6) is -2.93. The van der Waals surface area contributed by atoms with Gasteiger partial charge in [-0.3, -0.25) is 0 Å². The summed E-state index contributed by atoms with van der Waals surface area (Å²) in [7, 11) is 0. The summed E-state index contributed by atoms with van der Waals surface area (Å²) in [6.07, 6.45) is 1.52. The van der Waals surface area contributed by atoms with Crippen LogP contribution in [0.15, 0.2) is 36.5 Å². The number of benzene rings is 1. The second-order valence-corrected chi connectivity index (χ2v) is 3.43. The average Bonchev–Trinajstić information content (AvgIpc) is 2.51. The molecule has 0 atom stereocenters. The minimum absolute atomic E-state index is 0. The minimum Gasteiger partial charge on any atom is -0.304 e. The Labute approximate surface area is 105 Å². The van der Waals surface area contributed by atoms with E-state index in [0.717, 1.165) is 0 Å². The Morgan fingerprint density at radius 1 is 1.12 bits per heavy atom. The van der Waals surface area contributed by atoms with Gasteiger partial charge in [-0.2, -0.15) is 0 Å². The predicted molar refractivity (Wildman–Crippen MR) is 51.5 cm³/mol. The normalized spacial score (nSPS) is 14.9. The first-order chi connectivity index (χ1) is 7.21. The molecule has 1 radical (unpaired) electrons. The molecule has 0 saturated heterocycles. The number of fused-ring (bicyclic) bond motifs is 3. The standard InChI is InChI=1S/C12H6F2N.Ir/c13-12(14)9-5-2-1-4-8(9)11-10(12)6-3-7-15-11;/h1-3,5-7H;/q-1;. The Balaban J connectivity index is 0.000000963. The molecular formula is C12H6F2IrN-. The van der Waals surface area contributed by atoms with Crippen molar-refractivity contribution in [2.75, 3.05) is 0 Å². The van der Waals surface area contributed by atoms with Crippen LogP contribution >= 0.6 is 0 Å². The monoisotopic (exact) mass is 395 g/mol. The molecule has 0 unspecified atom stereocenters. The van der Waals surface area contributed by atoms with Crippen molar-refractivity contribution >= 4 is 0 Å². The number of halogens is 2. The van der Waals surface area contributed by atoms with Crippen LogP contribution in [0.25, 0.3) is 11.3 Å². The van der Waals surface area contributed by atoms with E-state index in [1.54, 1.807) is 12.1 Å². The molecule has 0 amide bonds. The Bertz CT molecular complexity index is 493. The summed E-state index contributed by atoms with van der Waals surface area (Å²) >= 11 is 0. The van der Waals surface area contributed by atoms with Gasteiger partial charge in [-0.25, -0.2) is 8.78 Å². The Morgan fingerprint density at radius 3 is 2.69 bits per heavy atom. The number of hydrogen-bond donors (Lipinski definition) is 0. The van der Waals surface area contributed by atoms with Crippen LogP contribution in [0.1, 0.15) is 11.1 Å². The first-order valence-electron chi connectivity index (χ1n) is 4.56. The van der Waals surface area contributed by atoms with E-state index in [2.05, 4.69) is 11.1 Å². The molecule has 1 nitrogen and oxygen atoms in total. The molecule has 0 aliphatic heterocycles. The molecule has 4 heteroatoms. The SMILES string of the molecule is FC1(F)c2ccc[c-]c2-c2ncccc21.[Ir]. The van der Waals surface area contributed by atoms with E-state index in [4.69, 9.17) is 0 Å². The van der Waals surface area contributed by atoms with Crippen LogP contribution in [0.5, 0.6) is 0 Å². The predicted octanol–water partition coefficient (Wildman–Crippen LogP) is 3.00. The van der Waals surface area contributed by atoms with Gasteiger partial charge in [-0.1, -0.05) is 11.6 Å². The van der Waals surface area contributed by atoms with E-state index in [9.17, 15) is 8.78 Å². The summed E-state index contributed by atoms with van der Waals surface area (Å²) < 4.78 is 27.7. The van der Waals surface area contributed by atoms with Gasteiger partial charge in [0.05, 0.1) is 0 Å². The van der Waals surface area contributed by atoms with Crippen LogP contribution in [0.3, 0.4) is 0 Å². The second kappa shape index (κ2) is 3.72. The Hall–Kier alpha value is -1.12. The van der Waals surface area contributed by atoms with Gasteiger partial charge in [-0.05, 0) is 11.8 Å². The fourth-order valence-electron chi connectivity index (χ4n) is 1.90. The fourth-order valence-corrected chi connectivity index (χ4v) is 1.90. The van der Waals surface area contributed by atoms with Crippen LogP contribution < -0.4 is 0 Å². The smallest absolute Gasteiger partial charge is 0.260 e. The van der Waals surface area contributed by atoms with Crippen LogP contribution in [0.2, 0.25) is 0 Å². The molecule has 1 aliphatic rings. The van der Waals surface area contributed by atoms with Crippen molar-refractivity contribution in [3.05, 3.63) is 53.7 Å². The molecule has 83 valence electrons. The van der Waals surface area contributed by atoms with E-state index >= 15 is 0 Å². The van der Waals surface area contributed by atoms with Gasteiger partial charge in [0.25, 0.3) is 5.92 Å². The van der Waals surface area contributed by atoms with Gasteiger partial charge in [0.1, 0.15) is 0 Å². The second-order valence-electron chi connectivity index (χ2n) is 3.43. The van der Waals surface area contributed by atoms with Gasteiger partial charge >= 0.3 is 0 Å². The maximum Gasteiger partial charge on any atom is 0.260 e. The number of nitrogens with zero attached hydrogens (tertiary/aromatic N) is 1. The molecule has 0 fully saturated rings. The fraction of sp³-hybridized carbons (Fsp3) is 0.0833. The third-order valence-corrected chi connectivity index (χ3v) is 2.58. The molecule has 1 aromatic carbocycles. The molecule has 0 saturated carbocycles. The van der Waals surface area contributed by atoms with Crippen LogP contribution in [-0.2, 0) is 26.0 Å². The summed E-state index contributed by atoms with van der Waals surface area (Å²) in [5, 5.41) is 0. The Kier molecular flexibility index (Phi) is 2.64. The molecule has 0 spiro atoms. The zero-order chi connectivity index (χ0) is 10.5. The quantitative estimate of drug-likeness (QED) is 0.626. The first-order valence-corrected chi connectivity index (χ1v) is 4.56. The van der Waals surface area contributed by atoms with Gasteiger partial charge in [0, 0.05) is 31.9 Å². The van der Waals surface area contributed by atoms with Gasteiger partial charge < -0.3 is 4.98 Å². The third-order valence-electron chi connectivity index (χ3n) is 2.58. The first kappa shape index (κ1) is 11.4. The van der Waals surface area contributed by atoms with Crippen LogP contribution in [0, 0.1) is 6.07 Å². The number of pyridine rings is 1. The zero-order valence-corrected chi connectivity index (χ0v) is 10.4. The molecule has 1 aliphatic carbocycles. The zero-order valence-electron chi connectivity index (χ0n) is 8.00. The van der Waals surface area contributed by atoms with E-state index in [1.165, 1.54) is 24.4 Å². The largest absolute Gasteiger partial charge is 0.304 e.